The van der Waals surface area contributed by atoms with Gasteiger partial charge in [-0.25, -0.2) is 9.07 Å². The van der Waals surface area contributed by atoms with E-state index < -0.39 is 0 Å². The number of likely N-dealkylation sites (N-methyl/N-ethyl adjacent to an activating group) is 1. The van der Waals surface area contributed by atoms with Crippen LogP contribution in [0.5, 0.6) is 0 Å². The summed E-state index contributed by atoms with van der Waals surface area (Å²) in [5.74, 6) is 1.21. The maximum absolute atomic E-state index is 13.4. The van der Waals surface area contributed by atoms with E-state index in [0.717, 1.165) is 50.5 Å². The van der Waals surface area contributed by atoms with Crippen LogP contribution in [-0.4, -0.2) is 63.2 Å². The van der Waals surface area contributed by atoms with Gasteiger partial charge in [0.2, 0.25) is 0 Å². The first-order chi connectivity index (χ1) is 12.0. The van der Waals surface area contributed by atoms with E-state index in [9.17, 15) is 4.39 Å². The molecule has 0 radical (unpaired) electrons. The van der Waals surface area contributed by atoms with Crippen LogP contribution in [-0.2, 0) is 6.54 Å². The molecule has 1 fully saturated rings. The number of aryl methyl sites for hydroxylation is 1. The minimum atomic E-state index is -0.222. The SMILES string of the molecule is CC(C)CCn1nnnc1[C@@H](c1ccc(F)cc1)N1CCN(C)CC1. The van der Waals surface area contributed by atoms with Gasteiger partial charge in [0.15, 0.2) is 5.82 Å². The molecule has 1 aliphatic heterocycles. The van der Waals surface area contributed by atoms with Gasteiger partial charge in [-0.1, -0.05) is 26.0 Å². The van der Waals surface area contributed by atoms with E-state index in [4.69, 9.17) is 0 Å². The van der Waals surface area contributed by atoms with Crippen molar-refractivity contribution in [3.8, 4) is 0 Å². The van der Waals surface area contributed by atoms with Crippen molar-refractivity contribution < 1.29 is 4.39 Å². The molecule has 1 aromatic carbocycles. The number of piperazine rings is 1. The number of hydrogen-bond acceptors (Lipinski definition) is 5. The number of nitrogens with zero attached hydrogens (tertiary/aromatic N) is 6. The van der Waals surface area contributed by atoms with Crippen LogP contribution in [0.4, 0.5) is 4.39 Å². The zero-order valence-electron chi connectivity index (χ0n) is 15.3. The zero-order chi connectivity index (χ0) is 17.8. The Bertz CT molecular complexity index is 660. The Morgan fingerprint density at radius 3 is 2.40 bits per heavy atom. The third-order valence-electron chi connectivity index (χ3n) is 4.81. The lowest BCUT2D eigenvalue weighted by Gasteiger charge is -2.37. The van der Waals surface area contributed by atoms with E-state index in [2.05, 4.69) is 46.2 Å². The molecule has 0 N–H and O–H groups in total. The summed E-state index contributed by atoms with van der Waals surface area (Å²) in [7, 11) is 2.14. The van der Waals surface area contributed by atoms with Crippen LogP contribution < -0.4 is 0 Å². The van der Waals surface area contributed by atoms with Gasteiger partial charge in [0.25, 0.3) is 0 Å². The summed E-state index contributed by atoms with van der Waals surface area (Å²) < 4.78 is 15.3. The van der Waals surface area contributed by atoms with Crippen LogP contribution in [0, 0.1) is 11.7 Å². The average molecular weight is 346 g/mol. The van der Waals surface area contributed by atoms with Crippen molar-refractivity contribution in [3.05, 3.63) is 41.5 Å². The number of hydrogen-bond donors (Lipinski definition) is 0. The molecule has 1 aliphatic rings. The van der Waals surface area contributed by atoms with Gasteiger partial charge in [0, 0.05) is 32.7 Å². The van der Waals surface area contributed by atoms with Crippen molar-refractivity contribution >= 4 is 0 Å². The Morgan fingerprint density at radius 2 is 1.76 bits per heavy atom. The van der Waals surface area contributed by atoms with E-state index >= 15 is 0 Å². The minimum Gasteiger partial charge on any atom is -0.304 e. The Hall–Kier alpha value is -1.86. The predicted molar refractivity (Wildman–Crippen MR) is 94.6 cm³/mol. The second-order valence-corrected chi connectivity index (χ2v) is 7.24. The van der Waals surface area contributed by atoms with Crippen LogP contribution in [0.2, 0.25) is 0 Å². The lowest BCUT2D eigenvalue weighted by atomic mass is 10.0. The van der Waals surface area contributed by atoms with Crippen LogP contribution >= 0.6 is 0 Å². The predicted octanol–water partition coefficient (Wildman–Crippen LogP) is 2.20. The topological polar surface area (TPSA) is 50.1 Å². The maximum atomic E-state index is 13.4. The molecule has 0 saturated carbocycles. The second-order valence-electron chi connectivity index (χ2n) is 7.24. The molecule has 3 rings (SSSR count). The van der Waals surface area contributed by atoms with E-state index in [1.54, 1.807) is 0 Å². The Morgan fingerprint density at radius 1 is 1.08 bits per heavy atom. The number of tetrazole rings is 1. The Balaban J connectivity index is 1.91. The largest absolute Gasteiger partial charge is 0.304 e. The number of halogens is 1. The third-order valence-corrected chi connectivity index (χ3v) is 4.81. The van der Waals surface area contributed by atoms with Gasteiger partial charge in [0.05, 0.1) is 6.04 Å². The highest BCUT2D eigenvalue weighted by molar-refractivity contribution is 5.25. The quantitative estimate of drug-likeness (QED) is 0.802. The van der Waals surface area contributed by atoms with Crippen molar-refractivity contribution in [2.24, 2.45) is 5.92 Å². The summed E-state index contributed by atoms with van der Waals surface area (Å²) in [6.07, 6.45) is 1.02. The number of benzene rings is 1. The molecule has 7 heteroatoms. The van der Waals surface area contributed by atoms with Crippen molar-refractivity contribution in [3.63, 3.8) is 0 Å². The monoisotopic (exact) mass is 346 g/mol. The van der Waals surface area contributed by atoms with E-state index in [1.807, 2.05) is 16.8 Å². The molecular weight excluding hydrogens is 319 g/mol. The average Bonchev–Trinajstić information content (AvgIpc) is 3.05. The van der Waals surface area contributed by atoms with Gasteiger partial charge in [-0.05, 0) is 47.5 Å². The van der Waals surface area contributed by atoms with E-state index in [-0.39, 0.29) is 11.9 Å². The van der Waals surface area contributed by atoms with Gasteiger partial charge < -0.3 is 4.90 Å². The third kappa shape index (κ3) is 4.41. The highest BCUT2D eigenvalue weighted by Crippen LogP contribution is 2.28. The number of aromatic nitrogens is 4. The fourth-order valence-electron chi connectivity index (χ4n) is 3.20. The molecule has 0 unspecified atom stereocenters. The molecule has 2 heterocycles. The molecule has 0 amide bonds. The van der Waals surface area contributed by atoms with Crippen molar-refractivity contribution in [1.82, 2.24) is 30.0 Å². The summed E-state index contributed by atoms with van der Waals surface area (Å²) in [4.78, 5) is 4.71. The van der Waals surface area contributed by atoms with E-state index in [0.29, 0.717) is 5.92 Å². The molecule has 25 heavy (non-hydrogen) atoms. The first-order valence-corrected chi connectivity index (χ1v) is 8.98. The summed E-state index contributed by atoms with van der Waals surface area (Å²) in [5, 5.41) is 12.5. The highest BCUT2D eigenvalue weighted by atomic mass is 19.1. The van der Waals surface area contributed by atoms with E-state index in [1.165, 1.54) is 12.1 Å². The van der Waals surface area contributed by atoms with Crippen LogP contribution in [0.1, 0.15) is 37.7 Å². The summed E-state index contributed by atoms with van der Waals surface area (Å²) >= 11 is 0. The first-order valence-electron chi connectivity index (χ1n) is 8.98. The van der Waals surface area contributed by atoms with Crippen LogP contribution in [0.25, 0.3) is 0 Å². The van der Waals surface area contributed by atoms with Crippen molar-refractivity contribution in [1.29, 1.82) is 0 Å². The van der Waals surface area contributed by atoms with Crippen LogP contribution in [0.3, 0.4) is 0 Å². The molecule has 2 aromatic rings. The Kier molecular flexibility index (Phi) is 5.75. The fraction of sp³-hybridized carbons (Fsp3) is 0.611. The van der Waals surface area contributed by atoms with Crippen molar-refractivity contribution in [2.45, 2.75) is 32.9 Å². The molecule has 1 aromatic heterocycles. The van der Waals surface area contributed by atoms with Gasteiger partial charge in [-0.2, -0.15) is 0 Å². The first kappa shape index (κ1) is 17.9. The summed E-state index contributed by atoms with van der Waals surface area (Å²) in [6, 6.07) is 6.68. The smallest absolute Gasteiger partial charge is 0.173 e. The Labute approximate surface area is 148 Å². The number of rotatable bonds is 6. The summed E-state index contributed by atoms with van der Waals surface area (Å²) in [5.41, 5.74) is 1.03. The minimum absolute atomic E-state index is 0.0449. The van der Waals surface area contributed by atoms with Crippen LogP contribution in [0.15, 0.2) is 24.3 Å². The molecule has 1 atom stereocenters. The lowest BCUT2D eigenvalue weighted by molar-refractivity contribution is 0.121. The molecule has 0 aliphatic carbocycles. The molecular formula is C18H27FN6. The molecule has 0 spiro atoms. The summed E-state index contributed by atoms with van der Waals surface area (Å²) in [6.45, 7) is 9.08. The fourth-order valence-corrected chi connectivity index (χ4v) is 3.20. The highest BCUT2D eigenvalue weighted by Gasteiger charge is 2.29. The standard InChI is InChI=1S/C18H27FN6/c1-14(2)8-9-25-18(20-21-22-25)17(15-4-6-16(19)7-5-15)24-12-10-23(3)11-13-24/h4-7,14,17H,8-13H2,1-3H3/t17-/m1/s1. The van der Waals surface area contributed by atoms with Gasteiger partial charge >= 0.3 is 0 Å². The second kappa shape index (κ2) is 8.01. The molecule has 1 saturated heterocycles. The lowest BCUT2D eigenvalue weighted by Crippen LogP contribution is -2.46. The molecule has 6 nitrogen and oxygen atoms in total. The van der Waals surface area contributed by atoms with Gasteiger partial charge in [-0.15, -0.1) is 5.10 Å². The van der Waals surface area contributed by atoms with Crippen molar-refractivity contribution in [2.75, 3.05) is 33.2 Å². The van der Waals surface area contributed by atoms with Gasteiger partial charge in [0.1, 0.15) is 5.82 Å². The molecule has 136 valence electrons. The maximum Gasteiger partial charge on any atom is 0.173 e. The molecule has 0 bridgehead atoms. The van der Waals surface area contributed by atoms with Gasteiger partial charge in [-0.3, -0.25) is 4.90 Å². The normalized spacial score (nSPS) is 18.0. The zero-order valence-corrected chi connectivity index (χ0v) is 15.3.